The number of nitrogens with two attached hydrogens (primary N) is 1. The first-order valence-corrected chi connectivity index (χ1v) is 5.37. The Labute approximate surface area is 85.8 Å². The summed E-state index contributed by atoms with van der Waals surface area (Å²) in [5.41, 5.74) is 2.15. The number of likely N-dealkylation sites (tertiary alicyclic amines) is 1. The summed E-state index contributed by atoms with van der Waals surface area (Å²) in [6.07, 6.45) is 2.72. The van der Waals surface area contributed by atoms with E-state index in [9.17, 15) is 4.79 Å². The predicted octanol–water partition coefficient (Wildman–Crippen LogP) is 0.487. The third-order valence-corrected chi connectivity index (χ3v) is 2.92. The van der Waals surface area contributed by atoms with Crippen LogP contribution in [0.5, 0.6) is 0 Å². The van der Waals surface area contributed by atoms with Crippen LogP contribution >= 0.6 is 0 Å². The lowest BCUT2D eigenvalue weighted by Gasteiger charge is -2.20. The van der Waals surface area contributed by atoms with Crippen molar-refractivity contribution in [3.05, 3.63) is 0 Å². The Morgan fingerprint density at radius 1 is 1.57 bits per heavy atom. The van der Waals surface area contributed by atoms with Gasteiger partial charge in [0.1, 0.15) is 0 Å². The average molecular weight is 199 g/mol. The zero-order chi connectivity index (χ0) is 10.6. The Kier molecular flexibility index (Phi) is 4.35. The van der Waals surface area contributed by atoms with Crippen molar-refractivity contribution in [2.45, 2.75) is 39.2 Å². The molecule has 1 rings (SSSR count). The average Bonchev–Trinajstić information content (AvgIpc) is 2.45. The highest BCUT2D eigenvalue weighted by atomic mass is 16.2. The van der Waals surface area contributed by atoms with Gasteiger partial charge < -0.3 is 4.90 Å². The molecule has 82 valence electrons. The molecule has 0 aliphatic carbocycles. The molecule has 1 aliphatic heterocycles. The quantitative estimate of drug-likeness (QED) is 0.393. The molecule has 4 heteroatoms. The van der Waals surface area contributed by atoms with Crippen LogP contribution in [0.3, 0.4) is 0 Å². The van der Waals surface area contributed by atoms with Crippen LogP contribution < -0.4 is 11.3 Å². The number of carbonyl (C=O) groups is 1. The van der Waals surface area contributed by atoms with Crippen molar-refractivity contribution in [1.29, 1.82) is 0 Å². The van der Waals surface area contributed by atoms with Gasteiger partial charge in [-0.3, -0.25) is 10.2 Å². The van der Waals surface area contributed by atoms with Gasteiger partial charge in [0.05, 0.1) is 0 Å². The van der Waals surface area contributed by atoms with Crippen LogP contribution in [-0.4, -0.2) is 29.9 Å². The van der Waals surface area contributed by atoms with E-state index >= 15 is 0 Å². The second-order valence-corrected chi connectivity index (χ2v) is 4.36. The second kappa shape index (κ2) is 5.32. The van der Waals surface area contributed by atoms with E-state index in [1.807, 2.05) is 0 Å². The van der Waals surface area contributed by atoms with Crippen molar-refractivity contribution in [3.63, 3.8) is 0 Å². The summed E-state index contributed by atoms with van der Waals surface area (Å²) in [4.78, 5) is 13.3. The molecule has 3 N–H and O–H groups in total. The van der Waals surface area contributed by atoms with Crippen LogP contribution in [0.2, 0.25) is 0 Å². The van der Waals surface area contributed by atoms with Gasteiger partial charge >= 0.3 is 0 Å². The molecule has 1 aliphatic rings. The van der Waals surface area contributed by atoms with Crippen molar-refractivity contribution in [2.24, 2.45) is 11.8 Å². The molecule has 0 spiro atoms. The van der Waals surface area contributed by atoms with Gasteiger partial charge in [-0.1, -0.05) is 6.92 Å². The van der Waals surface area contributed by atoms with E-state index in [0.29, 0.717) is 12.5 Å². The summed E-state index contributed by atoms with van der Waals surface area (Å²) in [5.74, 6) is 5.74. The summed E-state index contributed by atoms with van der Waals surface area (Å²) in [6.45, 7) is 6.72. The van der Waals surface area contributed by atoms with Crippen molar-refractivity contribution in [1.82, 2.24) is 10.3 Å². The van der Waals surface area contributed by atoms with Gasteiger partial charge in [-0.25, -0.2) is 5.84 Å². The normalized spacial score (nSPS) is 27.9. The Morgan fingerprint density at radius 3 is 2.79 bits per heavy atom. The van der Waals surface area contributed by atoms with Crippen molar-refractivity contribution >= 4 is 5.91 Å². The molecule has 0 bridgehead atoms. The maximum Gasteiger partial charge on any atom is 0.233 e. The van der Waals surface area contributed by atoms with Crippen molar-refractivity contribution < 1.29 is 4.79 Å². The number of amides is 1. The number of nitrogens with zero attached hydrogens (tertiary/aromatic N) is 1. The molecule has 1 heterocycles. The van der Waals surface area contributed by atoms with Crippen LogP contribution in [0.15, 0.2) is 0 Å². The monoisotopic (exact) mass is 199 g/mol. The smallest absolute Gasteiger partial charge is 0.233 e. The van der Waals surface area contributed by atoms with Gasteiger partial charge in [0, 0.05) is 19.0 Å². The third-order valence-electron chi connectivity index (χ3n) is 2.92. The minimum absolute atomic E-state index is 0.0649. The van der Waals surface area contributed by atoms with Crippen LogP contribution in [0.25, 0.3) is 0 Å². The van der Waals surface area contributed by atoms with E-state index in [-0.39, 0.29) is 5.91 Å². The van der Waals surface area contributed by atoms with E-state index in [1.165, 1.54) is 13.0 Å². The Morgan fingerprint density at radius 2 is 2.29 bits per heavy atom. The molecule has 14 heavy (non-hydrogen) atoms. The fraction of sp³-hybridized carbons (Fsp3) is 0.900. The molecule has 2 unspecified atom stereocenters. The highest BCUT2D eigenvalue weighted by Crippen LogP contribution is 2.22. The van der Waals surface area contributed by atoms with E-state index in [1.54, 1.807) is 0 Å². The zero-order valence-electron chi connectivity index (χ0n) is 9.12. The van der Waals surface area contributed by atoms with E-state index < -0.39 is 0 Å². The van der Waals surface area contributed by atoms with Crippen LogP contribution in [0.1, 0.15) is 33.1 Å². The Hall–Kier alpha value is -0.610. The van der Waals surface area contributed by atoms with Gasteiger partial charge in [-0.15, -0.1) is 0 Å². The first-order chi connectivity index (χ1) is 6.63. The minimum Gasteiger partial charge on any atom is -0.300 e. The molecule has 0 saturated carbocycles. The lowest BCUT2D eigenvalue weighted by Crippen LogP contribution is -2.32. The number of hydrazine groups is 1. The van der Waals surface area contributed by atoms with Crippen LogP contribution in [-0.2, 0) is 4.79 Å². The zero-order valence-corrected chi connectivity index (χ0v) is 9.12. The number of hydrogen-bond donors (Lipinski definition) is 2. The van der Waals surface area contributed by atoms with Gasteiger partial charge in [0.25, 0.3) is 0 Å². The summed E-state index contributed by atoms with van der Waals surface area (Å²) in [7, 11) is 0. The summed E-state index contributed by atoms with van der Waals surface area (Å²) in [6, 6.07) is 0.672. The van der Waals surface area contributed by atoms with Gasteiger partial charge in [0.15, 0.2) is 0 Å². The molecular formula is C10H21N3O. The van der Waals surface area contributed by atoms with E-state index in [0.717, 1.165) is 18.9 Å². The fourth-order valence-corrected chi connectivity index (χ4v) is 2.21. The minimum atomic E-state index is -0.0649. The highest BCUT2D eigenvalue weighted by Gasteiger charge is 2.25. The van der Waals surface area contributed by atoms with E-state index in [2.05, 4.69) is 24.2 Å². The van der Waals surface area contributed by atoms with E-state index in [4.69, 9.17) is 5.84 Å². The number of carbonyl (C=O) groups excluding carboxylic acids is 1. The van der Waals surface area contributed by atoms with Gasteiger partial charge in [-0.2, -0.15) is 0 Å². The predicted molar refractivity (Wildman–Crippen MR) is 56.4 cm³/mol. The topological polar surface area (TPSA) is 58.4 Å². The van der Waals surface area contributed by atoms with Gasteiger partial charge in [-0.05, 0) is 32.2 Å². The van der Waals surface area contributed by atoms with Crippen molar-refractivity contribution in [3.8, 4) is 0 Å². The fourth-order valence-electron chi connectivity index (χ4n) is 2.21. The molecule has 0 aromatic rings. The largest absolute Gasteiger partial charge is 0.300 e. The van der Waals surface area contributed by atoms with Crippen LogP contribution in [0.4, 0.5) is 0 Å². The molecule has 0 radical (unpaired) electrons. The number of hydrogen-bond acceptors (Lipinski definition) is 3. The van der Waals surface area contributed by atoms with Crippen molar-refractivity contribution in [2.75, 3.05) is 13.1 Å². The Bertz CT molecular complexity index is 196. The molecule has 1 fully saturated rings. The first-order valence-electron chi connectivity index (χ1n) is 5.37. The highest BCUT2D eigenvalue weighted by molar-refractivity contribution is 5.75. The Balaban J connectivity index is 2.15. The van der Waals surface area contributed by atoms with Gasteiger partial charge in [0.2, 0.25) is 5.91 Å². The lowest BCUT2D eigenvalue weighted by atomic mass is 10.1. The molecular weight excluding hydrogens is 178 g/mol. The first kappa shape index (κ1) is 11.5. The molecule has 0 aromatic carbocycles. The van der Waals surface area contributed by atoms with Crippen LogP contribution in [0, 0.1) is 5.92 Å². The SMILES string of the molecule is CC1CC(C)N(CCCC(=O)NN)C1. The standard InChI is InChI=1S/C10H21N3O/c1-8-6-9(2)13(7-8)5-3-4-10(14)12-11/h8-9H,3-7,11H2,1-2H3,(H,12,14). The number of rotatable bonds is 4. The molecule has 2 atom stereocenters. The molecule has 4 nitrogen and oxygen atoms in total. The summed E-state index contributed by atoms with van der Waals surface area (Å²) in [5, 5.41) is 0. The maximum atomic E-state index is 10.9. The molecule has 1 amide bonds. The summed E-state index contributed by atoms with van der Waals surface area (Å²) < 4.78 is 0. The summed E-state index contributed by atoms with van der Waals surface area (Å²) >= 11 is 0. The lowest BCUT2D eigenvalue weighted by molar-refractivity contribution is -0.121. The number of nitrogens with one attached hydrogen (secondary N) is 1. The molecule has 0 aromatic heterocycles. The molecule has 1 saturated heterocycles. The third kappa shape index (κ3) is 3.27. The second-order valence-electron chi connectivity index (χ2n) is 4.36. The maximum absolute atomic E-state index is 10.9.